The molecule has 4 aromatic rings. The van der Waals surface area contributed by atoms with Gasteiger partial charge < -0.3 is 9.88 Å². The zero-order valence-corrected chi connectivity index (χ0v) is 18.9. The lowest BCUT2D eigenvalue weighted by molar-refractivity contribution is -0.132. The Hall–Kier alpha value is -3.93. The van der Waals surface area contributed by atoms with Gasteiger partial charge in [-0.3, -0.25) is 14.2 Å². The largest absolute Gasteiger partial charge is 0.343 e. The number of rotatable bonds is 6. The van der Waals surface area contributed by atoms with Gasteiger partial charge in [0.1, 0.15) is 0 Å². The van der Waals surface area contributed by atoms with Gasteiger partial charge in [-0.15, -0.1) is 0 Å². The Morgan fingerprint density at radius 2 is 1.44 bits per heavy atom. The summed E-state index contributed by atoms with van der Waals surface area (Å²) < 4.78 is 1.82. The Balaban J connectivity index is 1.15. The van der Waals surface area contributed by atoms with Crippen molar-refractivity contribution in [2.45, 2.75) is 31.7 Å². The molecule has 0 unspecified atom stereocenters. The molecular weight excluding hydrogens is 426 g/mol. The maximum Gasteiger partial charge on any atom is 0.326 e. The van der Waals surface area contributed by atoms with E-state index in [0.29, 0.717) is 18.7 Å². The number of benzene rings is 3. The third-order valence-corrected chi connectivity index (χ3v) is 6.69. The molecule has 0 spiro atoms. The molecule has 1 saturated heterocycles. The second-order valence-corrected chi connectivity index (χ2v) is 8.80. The number of H-pyrrole nitrogens is 1. The van der Waals surface area contributed by atoms with Crippen molar-refractivity contribution in [3.63, 3.8) is 0 Å². The number of imidazole rings is 1. The fraction of sp³-hybridized carbons (Fsp3) is 0.250. The van der Waals surface area contributed by atoms with Crippen molar-refractivity contribution in [2.24, 2.45) is 0 Å². The minimum atomic E-state index is -0.102. The fourth-order valence-corrected chi connectivity index (χ4v) is 4.81. The van der Waals surface area contributed by atoms with Crippen LogP contribution in [0.3, 0.4) is 0 Å². The summed E-state index contributed by atoms with van der Waals surface area (Å²) in [6.07, 6.45) is 1.85. The normalized spacial score (nSPS) is 14.4. The Morgan fingerprint density at radius 1 is 0.794 bits per heavy atom. The minimum absolute atomic E-state index is 0.000945. The first-order valence-corrected chi connectivity index (χ1v) is 11.8. The first kappa shape index (κ1) is 21.9. The first-order valence-electron chi connectivity index (χ1n) is 11.8. The molecule has 5 rings (SSSR count). The van der Waals surface area contributed by atoms with Gasteiger partial charge in [-0.05, 0) is 36.1 Å². The van der Waals surface area contributed by atoms with Crippen LogP contribution in [0, 0.1) is 0 Å². The number of amides is 1. The van der Waals surface area contributed by atoms with Crippen LogP contribution in [0.5, 0.6) is 0 Å². The quantitative estimate of drug-likeness (QED) is 0.425. The van der Waals surface area contributed by atoms with Gasteiger partial charge in [0.25, 0.3) is 0 Å². The average molecular weight is 454 g/mol. The van der Waals surface area contributed by atoms with E-state index in [-0.39, 0.29) is 36.3 Å². The molecule has 34 heavy (non-hydrogen) atoms. The third kappa shape index (κ3) is 4.44. The zero-order valence-electron chi connectivity index (χ0n) is 18.9. The molecule has 0 bridgehead atoms. The van der Waals surface area contributed by atoms with E-state index in [1.54, 1.807) is 0 Å². The van der Waals surface area contributed by atoms with E-state index in [1.165, 1.54) is 0 Å². The number of fused-ring (bicyclic) bond motifs is 1. The number of Topliss-reactive ketones (excluding diaryl/α,β-unsaturated/α-hetero) is 1. The molecule has 0 saturated carbocycles. The van der Waals surface area contributed by atoms with Gasteiger partial charge in [0, 0.05) is 37.5 Å². The molecule has 6 nitrogen and oxygen atoms in total. The van der Waals surface area contributed by atoms with E-state index in [4.69, 9.17) is 0 Å². The number of piperidine rings is 1. The lowest BCUT2D eigenvalue weighted by atomic mass is 10.00. The van der Waals surface area contributed by atoms with Crippen molar-refractivity contribution in [3.8, 4) is 11.1 Å². The van der Waals surface area contributed by atoms with Crippen LogP contribution in [-0.2, 0) is 4.79 Å². The predicted molar refractivity (Wildman–Crippen MR) is 133 cm³/mol. The van der Waals surface area contributed by atoms with Crippen LogP contribution in [0.2, 0.25) is 0 Å². The number of carbonyl (C=O) groups excluding carboxylic acids is 2. The highest BCUT2D eigenvalue weighted by molar-refractivity contribution is 5.98. The number of aromatic nitrogens is 2. The number of nitrogens with one attached hydrogen (secondary N) is 1. The van der Waals surface area contributed by atoms with Crippen LogP contribution in [0.4, 0.5) is 0 Å². The maximum absolute atomic E-state index is 12.7. The van der Waals surface area contributed by atoms with Crippen LogP contribution < -0.4 is 5.69 Å². The van der Waals surface area contributed by atoms with E-state index in [9.17, 15) is 14.4 Å². The Bertz CT molecular complexity index is 1360. The number of para-hydroxylation sites is 2. The molecule has 1 aliphatic rings. The lowest BCUT2D eigenvalue weighted by Gasteiger charge is -2.32. The molecule has 2 heterocycles. The van der Waals surface area contributed by atoms with Crippen molar-refractivity contribution in [1.29, 1.82) is 0 Å². The summed E-state index contributed by atoms with van der Waals surface area (Å²) in [4.78, 5) is 42.6. The smallest absolute Gasteiger partial charge is 0.326 e. The van der Waals surface area contributed by atoms with Gasteiger partial charge in [0.15, 0.2) is 5.78 Å². The van der Waals surface area contributed by atoms with E-state index in [0.717, 1.165) is 35.0 Å². The number of likely N-dealkylation sites (tertiary alicyclic amines) is 1. The van der Waals surface area contributed by atoms with E-state index in [1.807, 2.05) is 88.3 Å². The Labute approximate surface area is 197 Å². The summed E-state index contributed by atoms with van der Waals surface area (Å²) in [5.41, 5.74) is 4.43. The monoisotopic (exact) mass is 453 g/mol. The summed E-state index contributed by atoms with van der Waals surface area (Å²) in [5.74, 6) is -0.0211. The van der Waals surface area contributed by atoms with E-state index >= 15 is 0 Å². The molecule has 3 aromatic carbocycles. The molecule has 172 valence electrons. The molecule has 0 aliphatic carbocycles. The van der Waals surface area contributed by atoms with Crippen LogP contribution >= 0.6 is 0 Å². The van der Waals surface area contributed by atoms with Crippen LogP contribution in [-0.4, -0.2) is 39.2 Å². The van der Waals surface area contributed by atoms with Crippen LogP contribution in [0.25, 0.3) is 22.2 Å². The van der Waals surface area contributed by atoms with Crippen molar-refractivity contribution >= 4 is 22.7 Å². The molecule has 0 atom stereocenters. The predicted octanol–water partition coefficient (Wildman–Crippen LogP) is 4.82. The van der Waals surface area contributed by atoms with Gasteiger partial charge in [0.2, 0.25) is 5.91 Å². The number of hydrogen-bond donors (Lipinski definition) is 1. The molecule has 1 aliphatic heterocycles. The maximum atomic E-state index is 12.7. The molecule has 1 N–H and O–H groups in total. The highest BCUT2D eigenvalue weighted by Gasteiger charge is 2.26. The second-order valence-electron chi connectivity index (χ2n) is 8.80. The van der Waals surface area contributed by atoms with Gasteiger partial charge in [-0.1, -0.05) is 66.7 Å². The standard InChI is InChI=1S/C28H27N3O3/c32-26(22-12-10-21(11-13-22)20-6-2-1-3-7-20)14-15-27(33)30-18-16-23(17-19-30)31-25-9-5-4-8-24(25)29-28(31)34/h1-13,23H,14-19H2,(H,29,34). The second kappa shape index (κ2) is 9.51. The minimum Gasteiger partial charge on any atom is -0.343 e. The molecule has 0 radical (unpaired) electrons. The van der Waals surface area contributed by atoms with Gasteiger partial charge in [-0.2, -0.15) is 0 Å². The Morgan fingerprint density at radius 3 is 2.18 bits per heavy atom. The summed E-state index contributed by atoms with van der Waals surface area (Å²) in [6.45, 7) is 1.19. The van der Waals surface area contributed by atoms with E-state index < -0.39 is 0 Å². The highest BCUT2D eigenvalue weighted by atomic mass is 16.2. The molecule has 1 fully saturated rings. The van der Waals surface area contributed by atoms with Gasteiger partial charge in [0.05, 0.1) is 11.0 Å². The highest BCUT2D eigenvalue weighted by Crippen LogP contribution is 2.25. The summed E-state index contributed by atoms with van der Waals surface area (Å²) in [7, 11) is 0. The summed E-state index contributed by atoms with van der Waals surface area (Å²) >= 11 is 0. The van der Waals surface area contributed by atoms with E-state index in [2.05, 4.69) is 4.98 Å². The van der Waals surface area contributed by atoms with Crippen molar-refractivity contribution in [3.05, 3.63) is 94.9 Å². The van der Waals surface area contributed by atoms with Crippen LogP contribution in [0.15, 0.2) is 83.7 Å². The number of hydrogen-bond acceptors (Lipinski definition) is 3. The lowest BCUT2D eigenvalue weighted by Crippen LogP contribution is -2.40. The molecule has 1 aromatic heterocycles. The number of aromatic amines is 1. The number of nitrogens with zero attached hydrogens (tertiary/aromatic N) is 2. The van der Waals surface area contributed by atoms with Gasteiger partial charge >= 0.3 is 5.69 Å². The third-order valence-electron chi connectivity index (χ3n) is 6.69. The molecule has 6 heteroatoms. The van der Waals surface area contributed by atoms with Gasteiger partial charge in [-0.25, -0.2) is 4.79 Å². The summed E-state index contributed by atoms with van der Waals surface area (Å²) in [5, 5.41) is 0. The summed E-state index contributed by atoms with van der Waals surface area (Å²) in [6, 6.07) is 25.3. The number of ketones is 1. The average Bonchev–Trinajstić information content (AvgIpc) is 3.23. The molecular formula is C28H27N3O3. The van der Waals surface area contributed by atoms with Crippen molar-refractivity contribution in [2.75, 3.05) is 13.1 Å². The van der Waals surface area contributed by atoms with Crippen molar-refractivity contribution in [1.82, 2.24) is 14.5 Å². The number of carbonyl (C=O) groups is 2. The molecule has 1 amide bonds. The fourth-order valence-electron chi connectivity index (χ4n) is 4.81. The Kier molecular flexibility index (Phi) is 6.12. The SMILES string of the molecule is O=C(CCC(=O)N1CCC(n2c(=O)[nH]c3ccccc32)CC1)c1ccc(-c2ccccc2)cc1. The first-order chi connectivity index (χ1) is 16.6. The topological polar surface area (TPSA) is 75.2 Å². The van der Waals surface area contributed by atoms with Crippen LogP contribution in [0.1, 0.15) is 42.1 Å². The van der Waals surface area contributed by atoms with Crippen molar-refractivity contribution < 1.29 is 9.59 Å². The zero-order chi connectivity index (χ0) is 23.5.